The van der Waals surface area contributed by atoms with Crippen LogP contribution in [0.4, 0.5) is 4.39 Å². The van der Waals surface area contributed by atoms with Crippen molar-refractivity contribution in [2.24, 2.45) is 0 Å². The van der Waals surface area contributed by atoms with Crippen molar-refractivity contribution >= 4 is 29.0 Å². The Hall–Kier alpha value is -1.89. The fraction of sp³-hybridized carbons (Fsp3) is 0.0667. The monoisotopic (exact) mass is 307 g/mol. The largest absolute Gasteiger partial charge is 0.292 e. The Bertz CT molecular complexity index is 689. The van der Waals surface area contributed by atoms with Gasteiger partial charge in [-0.15, -0.1) is 0 Å². The molecular weight excluding hydrogens is 300 g/mol. The van der Waals surface area contributed by atoms with E-state index in [-0.39, 0.29) is 21.2 Å². The van der Waals surface area contributed by atoms with Gasteiger partial charge in [-0.05, 0) is 29.8 Å². The van der Waals surface area contributed by atoms with Gasteiger partial charge in [0.05, 0.1) is 21.7 Å². The van der Waals surface area contributed by atoms with E-state index in [4.69, 9.17) is 23.2 Å². The van der Waals surface area contributed by atoms with Crippen LogP contribution < -0.4 is 0 Å². The fourth-order valence-electron chi connectivity index (χ4n) is 1.85. The van der Waals surface area contributed by atoms with Gasteiger partial charge in [-0.1, -0.05) is 41.4 Å². The smallest absolute Gasteiger partial charge is 0.187 e. The Morgan fingerprint density at radius 2 is 1.75 bits per heavy atom. The molecule has 2 nitrogen and oxygen atoms in total. The third-order valence-electron chi connectivity index (χ3n) is 2.78. The Balaban J connectivity index is 2.48. The van der Waals surface area contributed by atoms with Gasteiger partial charge in [0.15, 0.2) is 5.78 Å². The minimum atomic E-state index is -1.15. The number of halogens is 3. The van der Waals surface area contributed by atoms with Crippen molar-refractivity contribution in [1.29, 1.82) is 5.26 Å². The second kappa shape index (κ2) is 6.04. The molecule has 0 radical (unpaired) electrons. The van der Waals surface area contributed by atoms with Gasteiger partial charge in [0, 0.05) is 0 Å². The van der Waals surface area contributed by atoms with Crippen molar-refractivity contribution in [2.45, 2.75) is 5.92 Å². The maximum absolute atomic E-state index is 13.2. The lowest BCUT2D eigenvalue weighted by atomic mass is 9.92. The van der Waals surface area contributed by atoms with E-state index in [0.29, 0.717) is 0 Å². The molecule has 0 spiro atoms. The molecule has 0 amide bonds. The number of carbonyl (C=O) groups excluding carboxylic acids is 1. The topological polar surface area (TPSA) is 40.9 Å². The molecule has 0 saturated heterocycles. The minimum absolute atomic E-state index is 0.0756. The first-order valence-electron chi connectivity index (χ1n) is 5.68. The molecule has 100 valence electrons. The van der Waals surface area contributed by atoms with Crippen LogP contribution in [0.2, 0.25) is 10.0 Å². The van der Waals surface area contributed by atoms with Gasteiger partial charge in [-0.2, -0.15) is 5.26 Å². The van der Waals surface area contributed by atoms with E-state index >= 15 is 0 Å². The molecule has 0 saturated carbocycles. The van der Waals surface area contributed by atoms with Crippen molar-refractivity contribution < 1.29 is 9.18 Å². The van der Waals surface area contributed by atoms with E-state index in [1.54, 1.807) is 6.07 Å². The summed E-state index contributed by atoms with van der Waals surface area (Å²) in [4.78, 5) is 12.4. The summed E-state index contributed by atoms with van der Waals surface area (Å²) in [6.07, 6.45) is 0. The molecule has 0 aliphatic carbocycles. The fourth-order valence-corrected chi connectivity index (χ4v) is 2.43. The highest BCUT2D eigenvalue weighted by Gasteiger charge is 2.25. The molecular formula is C15H8Cl2FNO. The highest BCUT2D eigenvalue weighted by Crippen LogP contribution is 2.30. The molecule has 0 aliphatic rings. The van der Waals surface area contributed by atoms with Crippen LogP contribution >= 0.6 is 23.2 Å². The van der Waals surface area contributed by atoms with Crippen LogP contribution in [0.1, 0.15) is 21.8 Å². The molecule has 0 bridgehead atoms. The second-order valence-electron chi connectivity index (χ2n) is 4.08. The Labute approximate surface area is 125 Å². The van der Waals surface area contributed by atoms with Crippen LogP contribution in [-0.4, -0.2) is 5.78 Å². The highest BCUT2D eigenvalue weighted by molar-refractivity contribution is 6.40. The summed E-state index contributed by atoms with van der Waals surface area (Å²) in [5.74, 6) is -2.21. The van der Waals surface area contributed by atoms with E-state index in [9.17, 15) is 14.4 Å². The number of Topliss-reactive ketones (excluding diaryl/α,β-unsaturated/α-hetero) is 1. The zero-order valence-electron chi connectivity index (χ0n) is 10.1. The van der Waals surface area contributed by atoms with Crippen LogP contribution in [0.3, 0.4) is 0 Å². The predicted octanol–water partition coefficient (Wildman–Crippen LogP) is 4.62. The molecule has 5 heteroatoms. The average molecular weight is 308 g/mol. The van der Waals surface area contributed by atoms with Gasteiger partial charge in [-0.3, -0.25) is 4.79 Å². The van der Waals surface area contributed by atoms with Crippen LogP contribution in [0.5, 0.6) is 0 Å². The summed E-state index contributed by atoms with van der Waals surface area (Å²) in [6, 6.07) is 11.8. The van der Waals surface area contributed by atoms with Crippen LogP contribution in [0.15, 0.2) is 42.5 Å². The molecule has 2 aromatic carbocycles. The predicted molar refractivity (Wildman–Crippen MR) is 75.5 cm³/mol. The average Bonchev–Trinajstić information content (AvgIpc) is 2.39. The van der Waals surface area contributed by atoms with Crippen molar-refractivity contribution in [3.05, 3.63) is 69.5 Å². The molecule has 0 aliphatic heterocycles. The first kappa shape index (κ1) is 14.5. The standard InChI is InChI=1S/C15H8Cl2FNO/c16-12-5-2-6-13(17)14(12)15(20)11(8-19)9-3-1-4-10(18)7-9/h1-7,11H. The molecule has 1 atom stereocenters. The van der Waals surface area contributed by atoms with Crippen molar-refractivity contribution in [3.63, 3.8) is 0 Å². The van der Waals surface area contributed by atoms with Gasteiger partial charge >= 0.3 is 0 Å². The van der Waals surface area contributed by atoms with Crippen LogP contribution in [0, 0.1) is 17.1 Å². The van der Waals surface area contributed by atoms with E-state index in [0.717, 1.165) is 6.07 Å². The molecule has 2 aromatic rings. The number of ketones is 1. The van der Waals surface area contributed by atoms with Crippen molar-refractivity contribution in [2.75, 3.05) is 0 Å². The molecule has 0 N–H and O–H groups in total. The maximum Gasteiger partial charge on any atom is 0.187 e. The number of hydrogen-bond acceptors (Lipinski definition) is 2. The van der Waals surface area contributed by atoms with Crippen molar-refractivity contribution in [3.8, 4) is 6.07 Å². The van der Waals surface area contributed by atoms with E-state index in [1.165, 1.54) is 30.3 Å². The van der Waals surface area contributed by atoms with Crippen LogP contribution in [0.25, 0.3) is 0 Å². The molecule has 1 unspecified atom stereocenters. The summed E-state index contributed by atoms with van der Waals surface area (Å²) in [7, 11) is 0. The Morgan fingerprint density at radius 3 is 2.30 bits per heavy atom. The maximum atomic E-state index is 13.2. The number of rotatable bonds is 3. The van der Waals surface area contributed by atoms with Crippen LogP contribution in [-0.2, 0) is 0 Å². The lowest BCUT2D eigenvalue weighted by Crippen LogP contribution is -2.12. The number of benzene rings is 2. The summed E-state index contributed by atoms with van der Waals surface area (Å²) in [6.45, 7) is 0. The molecule has 0 aromatic heterocycles. The second-order valence-corrected chi connectivity index (χ2v) is 4.89. The zero-order chi connectivity index (χ0) is 14.7. The number of nitriles is 1. The Kier molecular flexibility index (Phi) is 4.39. The third-order valence-corrected chi connectivity index (χ3v) is 3.41. The van der Waals surface area contributed by atoms with Gasteiger partial charge in [0.2, 0.25) is 0 Å². The molecule has 20 heavy (non-hydrogen) atoms. The zero-order valence-corrected chi connectivity index (χ0v) is 11.6. The third kappa shape index (κ3) is 2.82. The SMILES string of the molecule is N#CC(C(=O)c1c(Cl)cccc1Cl)c1cccc(F)c1. The normalized spacial score (nSPS) is 11.7. The summed E-state index contributed by atoms with van der Waals surface area (Å²) < 4.78 is 13.2. The molecule has 0 fully saturated rings. The van der Waals surface area contributed by atoms with Crippen molar-refractivity contribution in [1.82, 2.24) is 0 Å². The number of hydrogen-bond donors (Lipinski definition) is 0. The minimum Gasteiger partial charge on any atom is -0.292 e. The first-order valence-corrected chi connectivity index (χ1v) is 6.43. The lowest BCUT2D eigenvalue weighted by Gasteiger charge is -2.11. The summed E-state index contributed by atoms with van der Waals surface area (Å²) >= 11 is 11.9. The highest BCUT2D eigenvalue weighted by atomic mass is 35.5. The van der Waals surface area contributed by atoms with E-state index in [2.05, 4.69) is 0 Å². The summed E-state index contributed by atoms with van der Waals surface area (Å²) in [5.41, 5.74) is 0.347. The number of nitrogens with zero attached hydrogens (tertiary/aromatic N) is 1. The van der Waals surface area contributed by atoms with Gasteiger partial charge < -0.3 is 0 Å². The first-order chi connectivity index (χ1) is 9.54. The quantitative estimate of drug-likeness (QED) is 0.776. The summed E-state index contributed by atoms with van der Waals surface area (Å²) in [5, 5.41) is 9.54. The molecule has 0 heterocycles. The number of carbonyl (C=O) groups is 1. The van der Waals surface area contributed by atoms with E-state index < -0.39 is 17.5 Å². The lowest BCUT2D eigenvalue weighted by molar-refractivity contribution is 0.0979. The van der Waals surface area contributed by atoms with Gasteiger partial charge in [0.25, 0.3) is 0 Å². The van der Waals surface area contributed by atoms with E-state index in [1.807, 2.05) is 6.07 Å². The van der Waals surface area contributed by atoms with Gasteiger partial charge in [-0.25, -0.2) is 4.39 Å². The van der Waals surface area contributed by atoms with Gasteiger partial charge in [0.1, 0.15) is 11.7 Å². The molecule has 2 rings (SSSR count). The Morgan fingerprint density at radius 1 is 1.15 bits per heavy atom.